The lowest BCUT2D eigenvalue weighted by Crippen LogP contribution is -2.34. The summed E-state index contributed by atoms with van der Waals surface area (Å²) in [5.41, 5.74) is 14.9. The van der Waals surface area contributed by atoms with Gasteiger partial charge in [-0.1, -0.05) is 17.5 Å². The number of alkyl halides is 4. The number of fused-ring (bicyclic) bond motifs is 15. The molecule has 714 valence electrons. The number of nitrogens with one attached hydrogen (secondary N) is 3. The van der Waals surface area contributed by atoms with E-state index in [1.54, 1.807) is 0 Å². The molecule has 12 aliphatic heterocycles. The van der Waals surface area contributed by atoms with Crippen LogP contribution in [0.2, 0.25) is 0 Å². The molecule has 21 rings (SSSR count). The molecular formula is C62H67F4N25O31P6S5. The number of nitrogen functional groups attached to an aromatic ring is 3. The number of halogens is 4. The fraction of sp³-hybridized carbons (Fsp3) is 0.532. The number of phosphoric ester groups is 1. The maximum atomic E-state index is 16.0. The zero-order chi connectivity index (χ0) is 93.8. The van der Waals surface area contributed by atoms with Gasteiger partial charge in [0, 0.05) is 50.7 Å². The van der Waals surface area contributed by atoms with Crippen molar-refractivity contribution in [1.29, 1.82) is 0 Å². The van der Waals surface area contributed by atoms with Crippen LogP contribution in [0.4, 0.5) is 52.9 Å². The molecule has 14 N–H and O–H groups in total. The lowest BCUT2D eigenvalue weighted by atomic mass is 10.1. The van der Waals surface area contributed by atoms with Crippen LogP contribution in [0.5, 0.6) is 0 Å². The van der Waals surface area contributed by atoms with Crippen molar-refractivity contribution in [3.8, 4) is 0 Å². The van der Waals surface area contributed by atoms with Gasteiger partial charge in [0.15, 0.2) is 147 Å². The third kappa shape index (κ3) is 18.8. The Morgan fingerprint density at radius 3 is 1.23 bits per heavy atom. The van der Waals surface area contributed by atoms with E-state index in [0.717, 1.165) is 26.5 Å². The molecule has 0 saturated carbocycles. The van der Waals surface area contributed by atoms with Crippen LogP contribution in [0.15, 0.2) is 61.0 Å². The summed E-state index contributed by atoms with van der Waals surface area (Å²) in [5.74, 6) is -1.61. The highest BCUT2D eigenvalue weighted by molar-refractivity contribution is 8.44. The maximum Gasteiger partial charge on any atom is 0.472 e. The van der Waals surface area contributed by atoms with E-state index in [-0.39, 0.29) is 142 Å². The van der Waals surface area contributed by atoms with E-state index in [0.29, 0.717) is 0 Å². The summed E-state index contributed by atoms with van der Waals surface area (Å²) in [6, 6.07) is 0. The number of carbonyl (C=O) groups is 3. The Labute approximate surface area is 761 Å². The highest BCUT2D eigenvalue weighted by Gasteiger charge is 2.58. The minimum atomic E-state index is -4.97. The number of aromatic amines is 3. The average molecular weight is 2080 g/mol. The molecule has 133 heavy (non-hydrogen) atoms. The Kier molecular flexibility index (Phi) is 25.7. The first kappa shape index (κ1) is 94.2. The van der Waals surface area contributed by atoms with Crippen LogP contribution in [0.25, 0.3) is 33.5 Å². The van der Waals surface area contributed by atoms with Crippen LogP contribution in [0.3, 0.4) is 0 Å². The molecule has 56 nitrogen and oxygen atoms in total. The molecule has 9 fully saturated rings. The van der Waals surface area contributed by atoms with Crippen LogP contribution in [-0.2, 0) is 139 Å². The summed E-state index contributed by atoms with van der Waals surface area (Å²) >= 11 is 24.8. The SMILES string of the molecule is Nc1nc2c(ncn2[C@@H]2O[C@@H]3COP(=O)(O)O[C@H]4[C@H](F)[C@H](n5cnc6c5N=CCC6=O)O[C@@H]4COP(O)(=S)O[C@@H]2C3)c(=O)[nH]1.Nc1nc2c(ncn2[C@@H]2O[C@@H]3COP(=O)(S)O[C@H]4[C@H](F)[C@H](n5nnc6c5N=CCC6=O)O[C@@H]4COP(O)(=S)O[C@@H]2C3)c(=O)[nH]1.Nc1nc2c(ncn2[C@@H]2O[C@@H]3COP(O)(=S)O[C@H]4[C@H](F)[C@H](n5cnc6c5N=CCC6=O)O[C@@H]4COP(O)(=S)O[C@@H]2[C@@H]3F)c(=O)[nH]1. The van der Waals surface area contributed by atoms with Crippen LogP contribution in [-0.4, -0.2) is 291 Å². The van der Waals surface area contributed by atoms with Crippen molar-refractivity contribution < 1.29 is 148 Å². The number of thiol groups is 1. The van der Waals surface area contributed by atoms with Gasteiger partial charge in [-0.05, 0) is 47.2 Å². The number of aliphatic imine (C=N–C) groups is 3. The van der Waals surface area contributed by atoms with E-state index in [2.05, 4.69) is 92.4 Å². The zero-order valence-electron chi connectivity index (χ0n) is 66.5. The van der Waals surface area contributed by atoms with Gasteiger partial charge in [-0.2, -0.15) is 19.6 Å². The predicted octanol–water partition coefficient (Wildman–Crippen LogP) is 2.03. The Hall–Kier alpha value is -7.76. The van der Waals surface area contributed by atoms with E-state index >= 15 is 17.6 Å². The number of Topliss-reactive ketones (excluding diaryl/α,β-unsaturated/α-hetero) is 3. The monoisotopic (exact) mass is 2080 g/mol. The summed E-state index contributed by atoms with van der Waals surface area (Å²) in [7, 11) is -4.97. The number of carbonyl (C=O) groups excluding carboxylic acids is 3. The normalized spacial score (nSPS) is 38.1. The number of nitrogens with zero attached hydrogens (tertiary/aromatic N) is 19. The molecule has 71 heteroatoms. The Morgan fingerprint density at radius 1 is 0.398 bits per heavy atom. The number of aromatic nitrogens is 19. The number of ether oxygens (including phenoxy) is 6. The second-order valence-electron chi connectivity index (χ2n) is 30.5. The van der Waals surface area contributed by atoms with Gasteiger partial charge < -0.3 is 97.2 Å². The topological polar surface area (TPSA) is 725 Å². The molecule has 28 atom stereocenters. The molecule has 0 amide bonds. The first-order valence-corrected chi connectivity index (χ1v) is 53.5. The molecule has 9 aromatic rings. The standard InChI is InChI=1S/C21H22F2N8O10P2S2.C21H23FN8O11P2S.C20H22FN9O10P2S2/c22-10-8-3-36-42(34,44)40-14-9(39-19(11(14)23)30-5-26-12-7(32)1-2-25-16(12)30)4-37-43(35,45)41-15(10)20(38-8)31-6-27-13-17(31)28-21(24)29-18(13)33;22-12-15-11(39-20(12)29-6-25-13-9(31)1-2-24-16(13)29)5-37-43(35,44)40-10-3-8(4-36-42(33,34)41-15)38-19(10)30-7-26-14-17(30)27-21(23)28-18(14)32;21-11-14-10(38-19(11)30-15-12(27-28-30)8(31)1-2-23-15)5-36-41(33,43)39-9-3-7(4-35-42(34,44)40-14)37-18(9)29-6-24-13-16(29)25-20(22)26-17(13)32/h2,5-6,8-11,14-15,19-20H,1,3-4H2,(H,34,44)(H,35,45)(H3,24,28,29,33);2,6-8,10-12,15,19-20H,1,3-5H2,(H,33,34)(H,35,44)(H3,23,27,28,32);2,6-7,9-11,14,18-19H,1,3-5H2,(H,33,43)(H,34,44)(H3,22,25,26,32)/t8-,9-,10-,11+,14-,15-,19-,20-,42?,43?;8-,10+,11+,12-,15+,19+,20+,43?;7-,9+,10+,11-,14+,18+,19+,41?,42?/m100/s1. The molecule has 6 unspecified atom stereocenters. The predicted molar refractivity (Wildman–Crippen MR) is 453 cm³/mol. The molecule has 0 spiro atoms. The molecule has 12 aliphatic rings. The summed E-state index contributed by atoms with van der Waals surface area (Å²) in [6.45, 7) is -24.8. The lowest BCUT2D eigenvalue weighted by Gasteiger charge is -2.27. The zero-order valence-corrected chi connectivity index (χ0v) is 76.0. The van der Waals surface area contributed by atoms with Gasteiger partial charge in [0.1, 0.15) is 61.0 Å². The number of hydrogen-bond acceptors (Lipinski definition) is 46. The average Bonchev–Trinajstić information content (AvgIpc) is 1.60. The number of hydrogen-bond donors (Lipinski definition) is 12. The van der Waals surface area contributed by atoms with E-state index < -0.39 is 227 Å². The number of ketones is 3. The molecule has 0 aliphatic carbocycles. The second kappa shape index (κ2) is 36.2. The van der Waals surface area contributed by atoms with Gasteiger partial charge in [-0.3, -0.25) is 93.7 Å². The largest absolute Gasteiger partial charge is 0.472 e. The quantitative estimate of drug-likeness (QED) is 0.0644. The smallest absolute Gasteiger partial charge is 0.369 e. The van der Waals surface area contributed by atoms with Crippen molar-refractivity contribution in [3.05, 3.63) is 79.8 Å². The number of anilines is 3. The third-order valence-electron chi connectivity index (χ3n) is 21.8. The first-order valence-electron chi connectivity index (χ1n) is 39.0. The number of imidazole rings is 5. The lowest BCUT2D eigenvalue weighted by molar-refractivity contribution is -0.0629. The minimum Gasteiger partial charge on any atom is -0.369 e. The van der Waals surface area contributed by atoms with Crippen molar-refractivity contribution >= 4 is 206 Å². The number of phosphoric acid groups is 1. The molecule has 6 bridgehead atoms. The van der Waals surface area contributed by atoms with Crippen LogP contribution < -0.4 is 33.9 Å². The van der Waals surface area contributed by atoms with Gasteiger partial charge in [-0.25, -0.2) is 66.6 Å². The molecule has 21 heterocycles. The van der Waals surface area contributed by atoms with Crippen molar-refractivity contribution in [2.45, 2.75) is 167 Å². The number of rotatable bonds is 6. The minimum absolute atomic E-state index is 0.00620. The van der Waals surface area contributed by atoms with E-state index in [9.17, 15) is 62.4 Å². The first-order chi connectivity index (χ1) is 63.1. The van der Waals surface area contributed by atoms with Gasteiger partial charge in [0.25, 0.3) is 16.7 Å². The highest BCUT2D eigenvalue weighted by Crippen LogP contribution is 2.61. The van der Waals surface area contributed by atoms with Gasteiger partial charge in [0.05, 0.1) is 83.5 Å². The van der Waals surface area contributed by atoms with Gasteiger partial charge >= 0.3 is 41.5 Å². The fourth-order valence-corrected chi connectivity index (χ4v) is 24.2. The van der Waals surface area contributed by atoms with Crippen molar-refractivity contribution in [3.63, 3.8) is 0 Å². The second-order valence-corrected chi connectivity index (χ2v) is 45.9. The van der Waals surface area contributed by atoms with E-state index in [1.165, 1.54) is 51.3 Å². The van der Waals surface area contributed by atoms with Crippen LogP contribution in [0, 0.1) is 0 Å². The van der Waals surface area contributed by atoms with E-state index in [4.69, 9.17) is 147 Å². The number of H-pyrrole nitrogens is 3. The third-order valence-corrected chi connectivity index (χ3v) is 30.7. The van der Waals surface area contributed by atoms with Crippen molar-refractivity contribution in [2.24, 2.45) is 15.0 Å². The Balaban J connectivity index is 0.000000129. The van der Waals surface area contributed by atoms with Crippen molar-refractivity contribution in [2.75, 3.05) is 56.8 Å². The molecular weight excluding hydrogens is 2010 g/mol. The molecule has 0 aromatic carbocycles. The molecule has 9 saturated heterocycles. The summed E-state index contributed by atoms with van der Waals surface area (Å²) in [6.07, 6.45) is -22.7. The van der Waals surface area contributed by atoms with Crippen molar-refractivity contribution in [1.82, 2.24) is 92.7 Å². The van der Waals surface area contributed by atoms with Gasteiger partial charge in [-0.15, -0.1) is 5.10 Å². The fourth-order valence-electron chi connectivity index (χ4n) is 16.0. The van der Waals surface area contributed by atoms with E-state index in [1.807, 2.05) is 0 Å². The van der Waals surface area contributed by atoms with Crippen LogP contribution in [0.1, 0.15) is 101 Å². The molecule has 9 aromatic heterocycles. The van der Waals surface area contributed by atoms with Crippen LogP contribution >= 0.6 is 53.7 Å². The summed E-state index contributed by atoms with van der Waals surface area (Å²) < 4.78 is 198. The Morgan fingerprint density at radius 2 is 0.767 bits per heavy atom. The maximum absolute atomic E-state index is 16.0. The number of nitrogens with two attached hydrogens (primary N) is 3. The Bertz CT molecular complexity index is 6530. The summed E-state index contributed by atoms with van der Waals surface area (Å²) in [4.78, 5) is 180. The van der Waals surface area contributed by atoms with Gasteiger partial charge in [0.2, 0.25) is 17.8 Å². The summed E-state index contributed by atoms with van der Waals surface area (Å²) in [5, 5.41) is 7.61. The molecule has 0 radical (unpaired) electrons. The highest BCUT2D eigenvalue weighted by atomic mass is 32.7.